The number of aromatic nitrogens is 1. The van der Waals surface area contributed by atoms with Crippen LogP contribution in [0.3, 0.4) is 0 Å². The number of benzene rings is 1. The van der Waals surface area contributed by atoms with Crippen LogP contribution in [-0.4, -0.2) is 10.5 Å². The summed E-state index contributed by atoms with van der Waals surface area (Å²) in [5, 5.41) is 3.42. The Morgan fingerprint density at radius 3 is 2.78 bits per heavy atom. The summed E-state index contributed by atoms with van der Waals surface area (Å²) in [5.74, 6) is -0.175. The van der Waals surface area contributed by atoms with E-state index in [0.29, 0.717) is 10.7 Å². The number of rotatable bonds is 2. The van der Waals surface area contributed by atoms with Gasteiger partial charge < -0.3 is 9.88 Å². The summed E-state index contributed by atoms with van der Waals surface area (Å²) in [6, 6.07) is 7.32. The molecule has 1 amide bonds. The molecule has 1 heterocycles. The lowest BCUT2D eigenvalue weighted by atomic mass is 10.2. The van der Waals surface area contributed by atoms with Gasteiger partial charge in [0.1, 0.15) is 5.69 Å². The molecule has 0 aliphatic heterocycles. The summed E-state index contributed by atoms with van der Waals surface area (Å²) >= 11 is 9.29. The maximum absolute atomic E-state index is 12.1. The van der Waals surface area contributed by atoms with E-state index in [2.05, 4.69) is 21.2 Å². The van der Waals surface area contributed by atoms with Crippen LogP contribution in [0, 0.1) is 6.92 Å². The molecule has 1 aromatic heterocycles. The van der Waals surface area contributed by atoms with E-state index in [0.717, 1.165) is 15.7 Å². The van der Waals surface area contributed by atoms with Crippen molar-refractivity contribution in [2.75, 3.05) is 5.32 Å². The van der Waals surface area contributed by atoms with Crippen molar-refractivity contribution < 1.29 is 4.79 Å². The molecule has 0 aliphatic carbocycles. The highest BCUT2D eigenvalue weighted by Crippen LogP contribution is 2.24. The maximum Gasteiger partial charge on any atom is 0.272 e. The molecule has 1 aromatic carbocycles. The molecule has 0 bridgehead atoms. The number of hydrogen-bond donors (Lipinski definition) is 1. The van der Waals surface area contributed by atoms with Gasteiger partial charge in [-0.3, -0.25) is 4.79 Å². The third-order valence-electron chi connectivity index (χ3n) is 2.72. The van der Waals surface area contributed by atoms with Crippen molar-refractivity contribution >= 4 is 39.1 Å². The highest BCUT2D eigenvalue weighted by Gasteiger charge is 2.12. The Bertz CT molecular complexity index is 607. The van der Waals surface area contributed by atoms with Gasteiger partial charge in [-0.15, -0.1) is 0 Å². The van der Waals surface area contributed by atoms with Crippen molar-refractivity contribution in [3.05, 3.63) is 51.2 Å². The second kappa shape index (κ2) is 5.16. The number of carbonyl (C=O) groups is 1. The van der Waals surface area contributed by atoms with Crippen LogP contribution in [0.4, 0.5) is 5.69 Å². The molecule has 0 unspecified atom stereocenters. The Morgan fingerprint density at radius 1 is 1.44 bits per heavy atom. The van der Waals surface area contributed by atoms with Crippen LogP contribution in [-0.2, 0) is 7.05 Å². The largest absolute Gasteiger partial charge is 0.345 e. The Kier molecular flexibility index (Phi) is 3.78. The first-order valence-electron chi connectivity index (χ1n) is 5.37. The van der Waals surface area contributed by atoms with Crippen molar-refractivity contribution in [1.82, 2.24) is 4.57 Å². The van der Waals surface area contributed by atoms with Gasteiger partial charge in [0.15, 0.2) is 0 Å². The number of halogens is 2. The molecule has 0 fully saturated rings. The summed E-state index contributed by atoms with van der Waals surface area (Å²) in [6.45, 7) is 1.94. The second-order valence-corrected chi connectivity index (χ2v) is 5.31. The molecule has 2 aromatic rings. The number of amides is 1. The molecule has 18 heavy (non-hydrogen) atoms. The summed E-state index contributed by atoms with van der Waals surface area (Å²) in [4.78, 5) is 12.1. The molecular formula is C13H12BrClN2O. The van der Waals surface area contributed by atoms with Crippen molar-refractivity contribution in [3.63, 3.8) is 0 Å². The van der Waals surface area contributed by atoms with E-state index >= 15 is 0 Å². The molecule has 0 saturated carbocycles. The zero-order valence-corrected chi connectivity index (χ0v) is 12.3. The van der Waals surface area contributed by atoms with E-state index in [1.807, 2.05) is 25.1 Å². The molecule has 3 nitrogen and oxygen atoms in total. The van der Waals surface area contributed by atoms with Gasteiger partial charge in [-0.1, -0.05) is 33.6 Å². The lowest BCUT2D eigenvalue weighted by molar-refractivity contribution is 0.101. The van der Waals surface area contributed by atoms with E-state index < -0.39 is 0 Å². The molecule has 94 valence electrons. The smallest absolute Gasteiger partial charge is 0.272 e. The SMILES string of the molecule is Cc1c(Br)cccc1NC(=O)c1cc(Cl)cn1C. The van der Waals surface area contributed by atoms with Crippen LogP contribution in [0.5, 0.6) is 0 Å². The van der Waals surface area contributed by atoms with Gasteiger partial charge in [-0.05, 0) is 30.7 Å². The van der Waals surface area contributed by atoms with Gasteiger partial charge in [0.2, 0.25) is 0 Å². The lowest BCUT2D eigenvalue weighted by Crippen LogP contribution is -2.16. The van der Waals surface area contributed by atoms with Gasteiger partial charge in [0.25, 0.3) is 5.91 Å². The number of nitrogens with one attached hydrogen (secondary N) is 1. The Hall–Kier alpha value is -1.26. The minimum atomic E-state index is -0.175. The Balaban J connectivity index is 2.27. The van der Waals surface area contributed by atoms with Crippen LogP contribution < -0.4 is 5.32 Å². The molecule has 0 spiro atoms. The molecule has 0 atom stereocenters. The van der Waals surface area contributed by atoms with E-state index in [-0.39, 0.29) is 5.91 Å². The highest BCUT2D eigenvalue weighted by molar-refractivity contribution is 9.10. The Labute approximate surface area is 119 Å². The number of carbonyl (C=O) groups excluding carboxylic acids is 1. The Morgan fingerprint density at radius 2 is 2.17 bits per heavy atom. The van der Waals surface area contributed by atoms with Gasteiger partial charge in [0, 0.05) is 23.4 Å². The molecule has 0 saturated heterocycles. The fourth-order valence-corrected chi connectivity index (χ4v) is 2.30. The van der Waals surface area contributed by atoms with Gasteiger partial charge in [-0.2, -0.15) is 0 Å². The summed E-state index contributed by atoms with van der Waals surface area (Å²) in [6.07, 6.45) is 1.70. The van der Waals surface area contributed by atoms with Gasteiger partial charge in [0.05, 0.1) is 5.02 Å². The molecule has 2 rings (SSSR count). The van der Waals surface area contributed by atoms with Crippen LogP contribution in [0.25, 0.3) is 0 Å². The quantitative estimate of drug-likeness (QED) is 0.888. The average Bonchev–Trinajstić information content (AvgIpc) is 2.64. The van der Waals surface area contributed by atoms with Crippen LogP contribution >= 0.6 is 27.5 Å². The summed E-state index contributed by atoms with van der Waals surface area (Å²) < 4.78 is 2.66. The number of anilines is 1. The van der Waals surface area contributed by atoms with Crippen molar-refractivity contribution in [2.45, 2.75) is 6.92 Å². The molecule has 1 N–H and O–H groups in total. The third kappa shape index (κ3) is 2.60. The summed E-state index contributed by atoms with van der Waals surface area (Å²) in [5.41, 5.74) is 2.30. The topological polar surface area (TPSA) is 34.0 Å². The van der Waals surface area contributed by atoms with Crippen molar-refractivity contribution in [2.24, 2.45) is 7.05 Å². The third-order valence-corrected chi connectivity index (χ3v) is 3.79. The normalized spacial score (nSPS) is 10.4. The molecule has 0 aliphatic rings. The van der Waals surface area contributed by atoms with Crippen LogP contribution in [0.1, 0.15) is 16.1 Å². The first-order valence-corrected chi connectivity index (χ1v) is 6.54. The molecular weight excluding hydrogens is 316 g/mol. The lowest BCUT2D eigenvalue weighted by Gasteiger charge is -2.09. The number of hydrogen-bond acceptors (Lipinski definition) is 1. The van der Waals surface area contributed by atoms with Crippen molar-refractivity contribution in [3.8, 4) is 0 Å². The van der Waals surface area contributed by atoms with E-state index in [9.17, 15) is 4.79 Å². The highest BCUT2D eigenvalue weighted by atomic mass is 79.9. The molecule has 5 heteroatoms. The minimum absolute atomic E-state index is 0.175. The standard InChI is InChI=1S/C13H12BrClN2O/c1-8-10(14)4-3-5-11(8)16-13(18)12-6-9(15)7-17(12)2/h3-7H,1-2H3,(H,16,18). The maximum atomic E-state index is 12.1. The van der Waals surface area contributed by atoms with Gasteiger partial charge >= 0.3 is 0 Å². The molecule has 0 radical (unpaired) electrons. The van der Waals surface area contributed by atoms with E-state index in [1.165, 1.54) is 0 Å². The summed E-state index contributed by atoms with van der Waals surface area (Å²) in [7, 11) is 1.79. The van der Waals surface area contributed by atoms with Crippen LogP contribution in [0.15, 0.2) is 34.9 Å². The first-order chi connectivity index (χ1) is 8.49. The minimum Gasteiger partial charge on any atom is -0.345 e. The predicted octanol–water partition coefficient (Wildman–Crippen LogP) is 4.00. The predicted molar refractivity (Wildman–Crippen MR) is 77.3 cm³/mol. The average molecular weight is 328 g/mol. The van der Waals surface area contributed by atoms with E-state index in [1.54, 1.807) is 23.9 Å². The monoisotopic (exact) mass is 326 g/mol. The first kappa shape index (κ1) is 13.2. The number of nitrogens with zero attached hydrogens (tertiary/aromatic N) is 1. The van der Waals surface area contributed by atoms with Crippen LogP contribution in [0.2, 0.25) is 5.02 Å². The fraction of sp³-hybridized carbons (Fsp3) is 0.154. The zero-order valence-electron chi connectivity index (χ0n) is 10.00. The second-order valence-electron chi connectivity index (χ2n) is 4.02. The fourth-order valence-electron chi connectivity index (χ4n) is 1.68. The zero-order chi connectivity index (χ0) is 13.3. The van der Waals surface area contributed by atoms with Gasteiger partial charge in [-0.25, -0.2) is 0 Å². The number of aryl methyl sites for hydroxylation is 1. The van der Waals surface area contributed by atoms with Crippen molar-refractivity contribution in [1.29, 1.82) is 0 Å². The van der Waals surface area contributed by atoms with E-state index in [4.69, 9.17) is 11.6 Å².